The van der Waals surface area contributed by atoms with E-state index in [0.717, 1.165) is 12.3 Å². The van der Waals surface area contributed by atoms with E-state index in [2.05, 4.69) is 14.9 Å². The molecular formula is C7H6F3N3O4. The fourth-order valence-electron chi connectivity index (χ4n) is 0.905. The number of carbonyl (C=O) groups is 1. The maximum Gasteiger partial charge on any atom is 0.432 e. The number of halogens is 3. The molecule has 10 heteroatoms. The zero-order valence-corrected chi connectivity index (χ0v) is 8.10. The highest BCUT2D eigenvalue weighted by Gasteiger charge is 2.46. The van der Waals surface area contributed by atoms with Crippen molar-refractivity contribution in [1.29, 1.82) is 0 Å². The third-order valence-corrected chi connectivity index (χ3v) is 1.65. The standard InChI is InChI=1S/C7H6F3N3O4/c8-7(9,10)5(3-13(15)16)17-6(14)4-1-2-11-12-4/h1-2,5H,3H2,(H,11,12). The molecule has 1 unspecified atom stereocenters. The third-order valence-electron chi connectivity index (χ3n) is 1.65. The van der Waals surface area contributed by atoms with Crippen LogP contribution in [0, 0.1) is 10.1 Å². The maximum absolute atomic E-state index is 12.3. The second kappa shape index (κ2) is 4.80. The van der Waals surface area contributed by atoms with Gasteiger partial charge in [0.15, 0.2) is 0 Å². The average Bonchev–Trinajstić information content (AvgIpc) is 2.66. The molecule has 0 saturated carbocycles. The van der Waals surface area contributed by atoms with Crippen LogP contribution in [-0.2, 0) is 4.74 Å². The number of esters is 1. The first-order valence-corrected chi connectivity index (χ1v) is 4.19. The second-order valence-electron chi connectivity index (χ2n) is 2.92. The number of aromatic amines is 1. The summed E-state index contributed by atoms with van der Waals surface area (Å²) in [6.07, 6.45) is -6.65. The summed E-state index contributed by atoms with van der Waals surface area (Å²) in [6, 6.07) is 1.09. The number of nitrogens with one attached hydrogen (secondary N) is 1. The number of aromatic nitrogens is 2. The molecule has 0 aliphatic rings. The van der Waals surface area contributed by atoms with Crippen molar-refractivity contribution in [3.8, 4) is 0 Å². The molecule has 0 bridgehead atoms. The van der Waals surface area contributed by atoms with Gasteiger partial charge in [0.1, 0.15) is 5.69 Å². The van der Waals surface area contributed by atoms with Crippen LogP contribution in [0.2, 0.25) is 0 Å². The molecule has 0 aliphatic heterocycles. The lowest BCUT2D eigenvalue weighted by Gasteiger charge is -2.16. The quantitative estimate of drug-likeness (QED) is 0.485. The van der Waals surface area contributed by atoms with E-state index < -0.39 is 29.7 Å². The minimum absolute atomic E-state index is 0.317. The smallest absolute Gasteiger partial charge is 0.432 e. The third kappa shape index (κ3) is 3.74. The van der Waals surface area contributed by atoms with Crippen molar-refractivity contribution in [2.75, 3.05) is 6.54 Å². The summed E-state index contributed by atoms with van der Waals surface area (Å²) in [5.74, 6) is -1.35. The summed E-state index contributed by atoms with van der Waals surface area (Å²) >= 11 is 0. The molecule has 1 aromatic heterocycles. The van der Waals surface area contributed by atoms with Crippen molar-refractivity contribution >= 4 is 5.97 Å². The van der Waals surface area contributed by atoms with Gasteiger partial charge in [-0.05, 0) is 6.07 Å². The number of nitro groups is 1. The number of H-pyrrole nitrogens is 1. The Labute approximate surface area is 91.7 Å². The minimum Gasteiger partial charge on any atom is -0.441 e. The van der Waals surface area contributed by atoms with E-state index in [1.165, 1.54) is 0 Å². The summed E-state index contributed by atoms with van der Waals surface area (Å²) < 4.78 is 40.8. The van der Waals surface area contributed by atoms with Crippen LogP contribution in [0.5, 0.6) is 0 Å². The maximum atomic E-state index is 12.3. The normalized spacial score (nSPS) is 13.1. The Morgan fingerprint density at radius 3 is 2.71 bits per heavy atom. The summed E-state index contributed by atoms with van der Waals surface area (Å²) in [4.78, 5) is 19.9. The molecule has 0 spiro atoms. The molecule has 1 rings (SSSR count). The number of carbonyl (C=O) groups excluding carboxylic acids is 1. The molecule has 0 radical (unpaired) electrons. The Hall–Kier alpha value is -2.13. The van der Waals surface area contributed by atoms with Gasteiger partial charge in [0.25, 0.3) is 6.10 Å². The Kier molecular flexibility index (Phi) is 3.66. The zero-order valence-electron chi connectivity index (χ0n) is 8.10. The zero-order chi connectivity index (χ0) is 13.1. The van der Waals surface area contributed by atoms with Crippen LogP contribution in [0.4, 0.5) is 13.2 Å². The number of rotatable bonds is 4. The Morgan fingerprint density at radius 2 is 2.29 bits per heavy atom. The molecule has 0 amide bonds. The number of hydrogen-bond donors (Lipinski definition) is 1. The Morgan fingerprint density at radius 1 is 1.65 bits per heavy atom. The van der Waals surface area contributed by atoms with E-state index >= 15 is 0 Å². The monoisotopic (exact) mass is 253 g/mol. The lowest BCUT2D eigenvalue weighted by Crippen LogP contribution is -2.39. The van der Waals surface area contributed by atoms with Crippen LogP contribution < -0.4 is 0 Å². The number of nitrogens with zero attached hydrogens (tertiary/aromatic N) is 2. The van der Waals surface area contributed by atoms with E-state index in [1.807, 2.05) is 0 Å². The van der Waals surface area contributed by atoms with Crippen molar-refractivity contribution in [2.24, 2.45) is 0 Å². The predicted molar refractivity (Wildman–Crippen MR) is 45.7 cm³/mol. The molecule has 1 atom stereocenters. The largest absolute Gasteiger partial charge is 0.441 e. The number of hydrogen-bond acceptors (Lipinski definition) is 5. The van der Waals surface area contributed by atoms with Crippen LogP contribution in [-0.4, -0.2) is 39.9 Å². The van der Waals surface area contributed by atoms with Gasteiger partial charge in [-0.25, -0.2) is 4.79 Å². The highest BCUT2D eigenvalue weighted by atomic mass is 19.4. The first-order chi connectivity index (χ1) is 7.80. The van der Waals surface area contributed by atoms with Crippen LogP contribution in [0.15, 0.2) is 12.3 Å². The van der Waals surface area contributed by atoms with Crippen molar-refractivity contribution in [1.82, 2.24) is 10.2 Å². The first-order valence-electron chi connectivity index (χ1n) is 4.19. The topological polar surface area (TPSA) is 98.1 Å². The summed E-state index contributed by atoms with van der Waals surface area (Å²) in [5.41, 5.74) is -0.317. The number of alkyl halides is 3. The lowest BCUT2D eigenvalue weighted by molar-refractivity contribution is -0.499. The highest BCUT2D eigenvalue weighted by molar-refractivity contribution is 5.87. The molecule has 1 heterocycles. The van der Waals surface area contributed by atoms with Gasteiger partial charge in [0.05, 0.1) is 0 Å². The van der Waals surface area contributed by atoms with Crippen molar-refractivity contribution in [3.63, 3.8) is 0 Å². The van der Waals surface area contributed by atoms with Gasteiger partial charge in [0.2, 0.25) is 6.54 Å². The second-order valence-corrected chi connectivity index (χ2v) is 2.92. The van der Waals surface area contributed by atoms with Gasteiger partial charge in [0, 0.05) is 11.1 Å². The van der Waals surface area contributed by atoms with E-state index in [-0.39, 0.29) is 5.69 Å². The predicted octanol–water partition coefficient (Wildman–Crippen LogP) is 0.774. The van der Waals surface area contributed by atoms with E-state index in [0.29, 0.717) is 0 Å². The molecule has 17 heavy (non-hydrogen) atoms. The molecule has 1 N–H and O–H groups in total. The van der Waals surface area contributed by atoms with Crippen LogP contribution in [0.1, 0.15) is 10.5 Å². The molecule has 94 valence electrons. The molecule has 0 aromatic carbocycles. The average molecular weight is 253 g/mol. The highest BCUT2D eigenvalue weighted by Crippen LogP contribution is 2.23. The summed E-state index contributed by atoms with van der Waals surface area (Å²) in [5, 5.41) is 15.4. The minimum atomic E-state index is -5.00. The van der Waals surface area contributed by atoms with Gasteiger partial charge < -0.3 is 4.74 Å². The molecule has 1 aromatic rings. The van der Waals surface area contributed by atoms with Crippen molar-refractivity contribution in [3.05, 3.63) is 28.1 Å². The van der Waals surface area contributed by atoms with Gasteiger partial charge >= 0.3 is 12.1 Å². The van der Waals surface area contributed by atoms with Crippen LogP contribution >= 0.6 is 0 Å². The van der Waals surface area contributed by atoms with E-state index in [4.69, 9.17) is 0 Å². The fourth-order valence-corrected chi connectivity index (χ4v) is 0.905. The van der Waals surface area contributed by atoms with E-state index in [1.54, 1.807) is 0 Å². The van der Waals surface area contributed by atoms with Gasteiger partial charge in [-0.3, -0.25) is 15.2 Å². The van der Waals surface area contributed by atoms with Crippen molar-refractivity contribution in [2.45, 2.75) is 12.3 Å². The first kappa shape index (κ1) is 12.9. The molecule has 0 aliphatic carbocycles. The van der Waals surface area contributed by atoms with Gasteiger partial charge in [-0.2, -0.15) is 18.3 Å². The van der Waals surface area contributed by atoms with Crippen molar-refractivity contribution < 1.29 is 27.6 Å². The van der Waals surface area contributed by atoms with Gasteiger partial charge in [-0.15, -0.1) is 0 Å². The molecule has 7 nitrogen and oxygen atoms in total. The Balaban J connectivity index is 2.73. The van der Waals surface area contributed by atoms with Gasteiger partial charge in [-0.1, -0.05) is 0 Å². The van der Waals surface area contributed by atoms with Crippen LogP contribution in [0.3, 0.4) is 0 Å². The molecule has 0 fully saturated rings. The SMILES string of the molecule is O=C(OC(C[N+](=O)[O-])C(F)(F)F)c1ccn[nH]1. The summed E-state index contributed by atoms with van der Waals surface area (Å²) in [6.45, 7) is -1.54. The Bertz CT molecular complexity index is 403. The molecule has 0 saturated heterocycles. The number of ether oxygens (including phenoxy) is 1. The lowest BCUT2D eigenvalue weighted by atomic mass is 10.3. The molecular weight excluding hydrogens is 247 g/mol. The summed E-state index contributed by atoms with van der Waals surface area (Å²) in [7, 11) is 0. The fraction of sp³-hybridized carbons (Fsp3) is 0.429. The van der Waals surface area contributed by atoms with Crippen LogP contribution in [0.25, 0.3) is 0 Å². The van der Waals surface area contributed by atoms with E-state index in [9.17, 15) is 28.1 Å².